The van der Waals surface area contributed by atoms with Crippen molar-refractivity contribution in [1.82, 2.24) is 21.3 Å². The highest BCUT2D eigenvalue weighted by Crippen LogP contribution is 2.36. The van der Waals surface area contributed by atoms with Crippen LogP contribution < -0.4 is 38.5 Å². The lowest BCUT2D eigenvalue weighted by Crippen LogP contribution is -2.56. The molecule has 12 N–H and O–H groups in total. The quantitative estimate of drug-likeness (QED) is 0.0280. The molecule has 0 saturated heterocycles. The van der Waals surface area contributed by atoms with E-state index in [-0.39, 0.29) is 31.8 Å². The average Bonchev–Trinajstić information content (AvgIpc) is 3.56. The molecule has 0 bridgehead atoms. The summed E-state index contributed by atoms with van der Waals surface area (Å²) in [6.45, 7) is 0.833. The van der Waals surface area contributed by atoms with E-state index in [2.05, 4.69) is 26.3 Å². The van der Waals surface area contributed by atoms with Gasteiger partial charge in [-0.3, -0.25) is 33.5 Å². The van der Waals surface area contributed by atoms with Crippen LogP contribution in [0.25, 0.3) is 0 Å². The third kappa shape index (κ3) is 15.6. The van der Waals surface area contributed by atoms with E-state index in [1.54, 1.807) is 54.6 Å². The van der Waals surface area contributed by atoms with Gasteiger partial charge in [-0.1, -0.05) is 72.3 Å². The first-order valence-electron chi connectivity index (χ1n) is 17.1. The summed E-state index contributed by atoms with van der Waals surface area (Å²) in [7, 11) is -5.00. The predicted molar refractivity (Wildman–Crippen MR) is 196 cm³/mol. The fourth-order valence-electron chi connectivity index (χ4n) is 5.92. The van der Waals surface area contributed by atoms with Crippen LogP contribution in [-0.2, 0) is 45.9 Å². The highest BCUT2D eigenvalue weighted by molar-refractivity contribution is 7.46. The Hall–Kier alpha value is -5.09. The lowest BCUT2D eigenvalue weighted by atomic mass is 9.98. The molecule has 18 heteroatoms. The van der Waals surface area contributed by atoms with E-state index in [4.69, 9.17) is 21.7 Å². The molecule has 0 heterocycles. The van der Waals surface area contributed by atoms with Crippen LogP contribution in [0.3, 0.4) is 0 Å². The molecule has 288 valence electrons. The molecule has 0 unspecified atom stereocenters. The fourth-order valence-corrected chi connectivity index (χ4v) is 6.27. The van der Waals surface area contributed by atoms with Crippen molar-refractivity contribution in [3.8, 4) is 0 Å². The number of amides is 5. The molecule has 17 nitrogen and oxygen atoms in total. The number of phosphoric ester groups is 1. The van der Waals surface area contributed by atoms with Crippen molar-refractivity contribution in [1.29, 1.82) is 0 Å². The topological polar surface area (TPSA) is 291 Å². The van der Waals surface area contributed by atoms with Gasteiger partial charge in [0.15, 0.2) is 5.96 Å². The highest BCUT2D eigenvalue weighted by Gasteiger charge is 2.33. The van der Waals surface area contributed by atoms with Gasteiger partial charge in [-0.2, -0.15) is 0 Å². The minimum absolute atomic E-state index is 0.0297. The Morgan fingerprint density at radius 2 is 1.43 bits per heavy atom. The second-order valence-electron chi connectivity index (χ2n) is 12.7. The number of hydrogen-bond donors (Lipinski definition) is 9. The Balaban J connectivity index is 1.85. The summed E-state index contributed by atoms with van der Waals surface area (Å²) < 4.78 is 16.5. The Bertz CT molecular complexity index is 1670. The molecule has 0 spiro atoms. The second kappa shape index (κ2) is 20.8. The van der Waals surface area contributed by atoms with Crippen molar-refractivity contribution in [3.63, 3.8) is 0 Å². The first-order valence-corrected chi connectivity index (χ1v) is 18.7. The van der Waals surface area contributed by atoms with Crippen LogP contribution in [0.4, 0.5) is 0 Å². The lowest BCUT2D eigenvalue weighted by Gasteiger charge is -2.25. The molecule has 0 aromatic heterocycles. The molecule has 5 amide bonds. The van der Waals surface area contributed by atoms with E-state index in [9.17, 15) is 38.3 Å². The van der Waals surface area contributed by atoms with Gasteiger partial charge in [-0.25, -0.2) is 4.57 Å². The number of hydrogen-bond acceptors (Lipinski definition) is 8. The monoisotopic (exact) mass is 756 g/mol. The van der Waals surface area contributed by atoms with Crippen LogP contribution in [-0.4, -0.2) is 82.6 Å². The van der Waals surface area contributed by atoms with E-state index < -0.39 is 74.1 Å². The van der Waals surface area contributed by atoms with Crippen molar-refractivity contribution in [2.75, 3.05) is 13.2 Å². The van der Waals surface area contributed by atoms with Gasteiger partial charge in [-0.15, -0.1) is 0 Å². The number of nitrogens with one attached hydrogen (secondary N) is 4. The molecule has 1 fully saturated rings. The number of benzene rings is 2. The van der Waals surface area contributed by atoms with E-state index >= 15 is 0 Å². The smallest absolute Gasteiger partial charge is 0.370 e. The Morgan fingerprint density at radius 1 is 0.868 bits per heavy atom. The van der Waals surface area contributed by atoms with Gasteiger partial charge in [0.2, 0.25) is 29.5 Å². The Kier molecular flexibility index (Phi) is 16.6. The molecule has 2 aromatic carbocycles. The van der Waals surface area contributed by atoms with Crippen LogP contribution in [0, 0.1) is 5.92 Å². The zero-order chi connectivity index (χ0) is 39.0. The number of phosphoric acid groups is 1. The number of nitrogens with two attached hydrogens (primary N) is 3. The van der Waals surface area contributed by atoms with Crippen molar-refractivity contribution < 1.29 is 42.8 Å². The van der Waals surface area contributed by atoms with E-state index in [1.807, 2.05) is 6.07 Å². The molecule has 1 saturated carbocycles. The minimum atomic E-state index is -5.00. The van der Waals surface area contributed by atoms with Gasteiger partial charge in [0.05, 0.1) is 18.6 Å². The summed E-state index contributed by atoms with van der Waals surface area (Å²) in [6.07, 6.45) is 3.61. The van der Waals surface area contributed by atoms with Crippen molar-refractivity contribution in [2.24, 2.45) is 28.1 Å². The third-order valence-corrected chi connectivity index (χ3v) is 8.87. The first kappa shape index (κ1) is 42.3. The summed E-state index contributed by atoms with van der Waals surface area (Å²) in [5.74, 6) is -3.87. The largest absolute Gasteiger partial charge is 0.469 e. The van der Waals surface area contributed by atoms with E-state index in [1.165, 1.54) is 13.0 Å². The lowest BCUT2D eigenvalue weighted by molar-refractivity contribution is -0.131. The average molecular weight is 757 g/mol. The second-order valence-corrected chi connectivity index (χ2v) is 13.9. The van der Waals surface area contributed by atoms with Gasteiger partial charge in [0.1, 0.15) is 18.1 Å². The van der Waals surface area contributed by atoms with Crippen molar-refractivity contribution in [3.05, 3.63) is 83.4 Å². The summed E-state index contributed by atoms with van der Waals surface area (Å²) in [6, 6.07) is 13.5. The zero-order valence-corrected chi connectivity index (χ0v) is 30.4. The molecular weight excluding hydrogens is 707 g/mol. The standard InChI is InChI=1S/C35H49N8O9P/c1-22(44)40-29(18-23-10-4-2-5-11-23)34(48)43-30(19-24-12-6-3-7-13-24)33(47)41-26(21-52-53(49,50)51)20-25-14-8-15-27(25)32(46)42-28(31(36)45)16-9-17-39-35(37)38/h2-7,10-13,20,26-30H,8-9,14-19,21H2,1H3,(H2,36,45)(H,40,44)(H,41,47)(H,42,46)(H,43,48)(H4,37,38,39)(H2,49,50,51)/b25-20+/t26-,27+,28+,29+,30+/m1/s1. The number of nitrogens with zero attached hydrogens (tertiary/aromatic N) is 1. The highest BCUT2D eigenvalue weighted by atomic mass is 31.2. The third-order valence-electron chi connectivity index (χ3n) is 8.38. The van der Waals surface area contributed by atoms with Gasteiger partial charge >= 0.3 is 7.82 Å². The predicted octanol–water partition coefficient (Wildman–Crippen LogP) is -0.194. The molecule has 2 aromatic rings. The molecule has 3 rings (SSSR count). The van der Waals surface area contributed by atoms with Gasteiger partial charge in [0, 0.05) is 26.3 Å². The Labute approximate surface area is 307 Å². The zero-order valence-electron chi connectivity index (χ0n) is 29.5. The normalized spacial score (nSPS) is 17.1. The number of rotatable bonds is 20. The molecule has 53 heavy (non-hydrogen) atoms. The summed E-state index contributed by atoms with van der Waals surface area (Å²) in [5.41, 5.74) is 18.2. The molecule has 0 aliphatic heterocycles. The molecule has 5 atom stereocenters. The fraction of sp³-hybridized carbons (Fsp3) is 0.429. The van der Waals surface area contributed by atoms with Crippen LogP contribution in [0.15, 0.2) is 77.3 Å². The maximum Gasteiger partial charge on any atom is 0.469 e. The number of primary amides is 1. The number of carbonyl (C=O) groups excluding carboxylic acids is 5. The van der Waals surface area contributed by atoms with Gasteiger partial charge in [-0.05, 0) is 43.2 Å². The van der Waals surface area contributed by atoms with Gasteiger partial charge in [0.25, 0.3) is 0 Å². The van der Waals surface area contributed by atoms with Crippen LogP contribution in [0.1, 0.15) is 50.2 Å². The Morgan fingerprint density at radius 3 is 1.96 bits per heavy atom. The first-order chi connectivity index (χ1) is 25.1. The van der Waals surface area contributed by atoms with E-state index in [0.717, 1.165) is 5.56 Å². The molecule has 1 aliphatic carbocycles. The summed E-state index contributed by atoms with van der Waals surface area (Å²) in [5, 5.41) is 10.8. The van der Waals surface area contributed by atoms with Crippen molar-refractivity contribution in [2.45, 2.75) is 76.0 Å². The maximum atomic E-state index is 14.0. The van der Waals surface area contributed by atoms with Crippen LogP contribution in [0.5, 0.6) is 0 Å². The minimum Gasteiger partial charge on any atom is -0.370 e. The molecule has 0 radical (unpaired) electrons. The maximum absolute atomic E-state index is 14.0. The number of guanidine groups is 1. The summed E-state index contributed by atoms with van der Waals surface area (Å²) >= 11 is 0. The van der Waals surface area contributed by atoms with Crippen LogP contribution >= 0.6 is 7.82 Å². The van der Waals surface area contributed by atoms with Crippen molar-refractivity contribution >= 4 is 43.3 Å². The van der Waals surface area contributed by atoms with Crippen LogP contribution in [0.2, 0.25) is 0 Å². The number of aliphatic imine (C=N–C) groups is 1. The number of carbonyl (C=O) groups is 5. The molecular formula is C35H49N8O9P. The summed E-state index contributed by atoms with van der Waals surface area (Å²) in [4.78, 5) is 88.0. The van der Waals surface area contributed by atoms with Gasteiger partial charge < -0.3 is 48.3 Å². The molecule has 1 aliphatic rings. The van der Waals surface area contributed by atoms with E-state index in [0.29, 0.717) is 36.8 Å². The SMILES string of the molecule is CC(=O)N[C@@H](Cc1ccccc1)C(=O)N[C@@H](Cc1ccccc1)C(=O)N[C@H](/C=C1\CCC[C@@H]1C(=O)N[C@@H](CCCN=C(N)N)C(N)=O)COP(=O)(O)O.